The van der Waals surface area contributed by atoms with Crippen LogP contribution in [-0.4, -0.2) is 25.3 Å². The van der Waals surface area contributed by atoms with Gasteiger partial charge >= 0.3 is 0 Å². The van der Waals surface area contributed by atoms with Gasteiger partial charge in [0.15, 0.2) is 18.2 Å². The molecule has 6 heteroatoms. The van der Waals surface area contributed by atoms with Crippen LogP contribution in [0.15, 0.2) is 18.2 Å². The molecule has 1 N–H and O–H groups in total. The fourth-order valence-electron chi connectivity index (χ4n) is 1.04. The lowest BCUT2D eigenvalue weighted by molar-refractivity contribution is -0.122. The summed E-state index contributed by atoms with van der Waals surface area (Å²) in [6.07, 6.45) is 0.506. The second kappa shape index (κ2) is 6.23. The molecule has 0 spiro atoms. The molecule has 0 aliphatic rings. The molecule has 88 valence electrons. The summed E-state index contributed by atoms with van der Waals surface area (Å²) in [6, 6.07) is 5.37. The first-order valence-electron chi connectivity index (χ1n) is 4.68. The Labute approximate surface area is 96.8 Å². The summed E-state index contributed by atoms with van der Waals surface area (Å²) in [5, 5.41) is 10.4. The first kappa shape index (κ1) is 12.6. The fourth-order valence-corrected chi connectivity index (χ4v) is 1.04. The number of hydrogen-bond donors (Lipinski definition) is 1. The van der Waals surface area contributed by atoms with Gasteiger partial charge in [-0.15, -0.1) is 0 Å². The molecule has 0 saturated heterocycles. The van der Waals surface area contributed by atoms with Gasteiger partial charge in [-0.05, 0) is 18.2 Å². The molecule has 5 nitrogen and oxygen atoms in total. The summed E-state index contributed by atoms with van der Waals surface area (Å²) in [6.45, 7) is -0.520. The van der Waals surface area contributed by atoms with Crippen molar-refractivity contribution < 1.29 is 18.7 Å². The molecule has 0 unspecified atom stereocenters. The number of nitrogens with one attached hydrogen (secondary N) is 1. The molecule has 0 atom stereocenters. The number of amides is 1. The molecule has 0 aliphatic heterocycles. The molecule has 1 rings (SSSR count). The number of benzene rings is 1. The van der Waals surface area contributed by atoms with Crippen LogP contribution < -0.4 is 10.1 Å². The number of nitriles is 1. The summed E-state index contributed by atoms with van der Waals surface area (Å²) in [5.41, 5.74) is 0.184. The third-order valence-corrected chi connectivity index (χ3v) is 1.82. The predicted molar refractivity (Wildman–Crippen MR) is 55.9 cm³/mol. The van der Waals surface area contributed by atoms with Gasteiger partial charge in [0.2, 0.25) is 0 Å². The lowest BCUT2D eigenvalue weighted by atomic mass is 10.2. The van der Waals surface area contributed by atoms with Crippen LogP contribution in [-0.2, 0) is 4.79 Å². The van der Waals surface area contributed by atoms with E-state index in [2.05, 4.69) is 5.32 Å². The Hall–Kier alpha value is -2.42. The highest BCUT2D eigenvalue weighted by molar-refractivity contribution is 5.78. The van der Waals surface area contributed by atoms with E-state index < -0.39 is 11.7 Å². The van der Waals surface area contributed by atoms with Crippen LogP contribution in [0.3, 0.4) is 0 Å². The van der Waals surface area contributed by atoms with Crippen LogP contribution >= 0.6 is 0 Å². The molecule has 17 heavy (non-hydrogen) atoms. The van der Waals surface area contributed by atoms with Gasteiger partial charge in [-0.25, -0.2) is 4.39 Å². The van der Waals surface area contributed by atoms with E-state index in [1.807, 2.05) is 0 Å². The quantitative estimate of drug-likeness (QED) is 0.601. The van der Waals surface area contributed by atoms with Crippen molar-refractivity contribution in [2.75, 3.05) is 13.2 Å². The lowest BCUT2D eigenvalue weighted by Gasteiger charge is -2.06. The van der Waals surface area contributed by atoms with Gasteiger partial charge in [0.25, 0.3) is 5.91 Å². The zero-order valence-corrected chi connectivity index (χ0v) is 8.77. The number of ether oxygens (including phenoxy) is 1. The minimum Gasteiger partial charge on any atom is -0.481 e. The van der Waals surface area contributed by atoms with Crippen LogP contribution in [0, 0.1) is 17.1 Å². The molecule has 0 heterocycles. The van der Waals surface area contributed by atoms with E-state index in [1.165, 1.54) is 12.1 Å². The Balaban J connectivity index is 2.55. The van der Waals surface area contributed by atoms with E-state index in [0.717, 1.165) is 6.07 Å². The van der Waals surface area contributed by atoms with Gasteiger partial charge < -0.3 is 10.1 Å². The monoisotopic (exact) mass is 236 g/mol. The Kier molecular flexibility index (Phi) is 4.63. The molecule has 0 aliphatic carbocycles. The number of aldehydes is 1. The summed E-state index contributed by atoms with van der Waals surface area (Å²) < 4.78 is 18.2. The predicted octanol–water partition coefficient (Wildman–Crippen LogP) is 0.657. The Morgan fingerprint density at radius 1 is 1.59 bits per heavy atom. The van der Waals surface area contributed by atoms with Gasteiger partial charge in [-0.3, -0.25) is 9.59 Å². The van der Waals surface area contributed by atoms with Crippen molar-refractivity contribution in [3.8, 4) is 11.8 Å². The maximum Gasteiger partial charge on any atom is 0.258 e. The van der Waals surface area contributed by atoms with Crippen LogP contribution in [0.5, 0.6) is 5.75 Å². The van der Waals surface area contributed by atoms with Gasteiger partial charge in [0.1, 0.15) is 12.8 Å². The smallest absolute Gasteiger partial charge is 0.258 e. The molecular weight excluding hydrogens is 227 g/mol. The maximum atomic E-state index is 13.3. The first-order valence-corrected chi connectivity index (χ1v) is 4.68. The Bertz CT molecular complexity index is 468. The van der Waals surface area contributed by atoms with E-state index in [-0.39, 0.29) is 24.5 Å². The number of carbonyl (C=O) groups excluding carboxylic acids is 2. The zero-order valence-electron chi connectivity index (χ0n) is 8.77. The van der Waals surface area contributed by atoms with Crippen LogP contribution in [0.4, 0.5) is 4.39 Å². The fraction of sp³-hybridized carbons (Fsp3) is 0.182. The van der Waals surface area contributed by atoms with Gasteiger partial charge in [0, 0.05) is 5.56 Å². The van der Waals surface area contributed by atoms with E-state index in [4.69, 9.17) is 10.00 Å². The molecule has 0 radical (unpaired) electrons. The number of hydrogen-bond acceptors (Lipinski definition) is 4. The third-order valence-electron chi connectivity index (χ3n) is 1.82. The van der Waals surface area contributed by atoms with Crippen LogP contribution in [0.25, 0.3) is 0 Å². The minimum atomic E-state index is -0.720. The molecular formula is C11H9FN2O3. The zero-order chi connectivity index (χ0) is 12.7. The summed E-state index contributed by atoms with van der Waals surface area (Å²) in [5.74, 6) is -1.36. The van der Waals surface area contributed by atoms with E-state index in [1.54, 1.807) is 6.07 Å². The van der Waals surface area contributed by atoms with Crippen molar-refractivity contribution in [2.24, 2.45) is 0 Å². The van der Waals surface area contributed by atoms with Crippen molar-refractivity contribution >= 4 is 12.2 Å². The molecule has 0 bridgehead atoms. The van der Waals surface area contributed by atoms with Crippen LogP contribution in [0.1, 0.15) is 10.4 Å². The van der Waals surface area contributed by atoms with E-state index >= 15 is 0 Å². The minimum absolute atomic E-state index is 0.122. The largest absolute Gasteiger partial charge is 0.481 e. The molecule has 0 saturated carbocycles. The van der Waals surface area contributed by atoms with Gasteiger partial charge in [-0.2, -0.15) is 5.26 Å². The maximum absolute atomic E-state index is 13.3. The summed E-state index contributed by atoms with van der Waals surface area (Å²) in [7, 11) is 0. The summed E-state index contributed by atoms with van der Waals surface area (Å²) in [4.78, 5) is 21.4. The number of rotatable bonds is 5. The third kappa shape index (κ3) is 3.91. The number of carbonyl (C=O) groups is 2. The Morgan fingerprint density at radius 3 is 2.94 bits per heavy atom. The topological polar surface area (TPSA) is 79.2 Å². The van der Waals surface area contributed by atoms with Gasteiger partial charge in [-0.1, -0.05) is 0 Å². The highest BCUT2D eigenvalue weighted by Gasteiger charge is 2.07. The molecule has 0 fully saturated rings. The van der Waals surface area contributed by atoms with Crippen molar-refractivity contribution in [1.82, 2.24) is 5.32 Å². The number of nitrogens with zero attached hydrogens (tertiary/aromatic N) is 1. The average Bonchev–Trinajstić information content (AvgIpc) is 2.34. The van der Waals surface area contributed by atoms with Gasteiger partial charge in [0.05, 0.1) is 6.07 Å². The highest BCUT2D eigenvalue weighted by atomic mass is 19.1. The first-order chi connectivity index (χ1) is 8.17. The van der Waals surface area contributed by atoms with E-state index in [0.29, 0.717) is 6.29 Å². The SMILES string of the molecule is N#CCNC(=O)COc1ccc(C=O)cc1F. The molecule has 1 aromatic carbocycles. The van der Waals surface area contributed by atoms with Crippen molar-refractivity contribution in [3.05, 3.63) is 29.6 Å². The van der Waals surface area contributed by atoms with Crippen LogP contribution in [0.2, 0.25) is 0 Å². The molecule has 1 aromatic rings. The highest BCUT2D eigenvalue weighted by Crippen LogP contribution is 2.17. The second-order valence-electron chi connectivity index (χ2n) is 3.03. The number of halogens is 1. The molecule has 1 amide bonds. The normalized spacial score (nSPS) is 9.18. The standard InChI is InChI=1S/C11H9FN2O3/c12-9-5-8(6-15)1-2-10(9)17-7-11(16)14-4-3-13/h1-2,5-6H,4,7H2,(H,14,16). The average molecular weight is 236 g/mol. The van der Waals surface area contributed by atoms with Crippen molar-refractivity contribution in [3.63, 3.8) is 0 Å². The Morgan fingerprint density at radius 2 is 2.35 bits per heavy atom. The second-order valence-corrected chi connectivity index (χ2v) is 3.03. The lowest BCUT2D eigenvalue weighted by Crippen LogP contribution is -2.29. The molecule has 0 aromatic heterocycles. The summed E-state index contributed by atoms with van der Waals surface area (Å²) >= 11 is 0. The van der Waals surface area contributed by atoms with Crippen molar-refractivity contribution in [1.29, 1.82) is 5.26 Å². The van der Waals surface area contributed by atoms with Crippen molar-refractivity contribution in [2.45, 2.75) is 0 Å². The van der Waals surface area contributed by atoms with E-state index in [9.17, 15) is 14.0 Å².